The summed E-state index contributed by atoms with van der Waals surface area (Å²) in [6, 6.07) is 4.27. The van der Waals surface area contributed by atoms with Gasteiger partial charge in [-0.15, -0.1) is 11.3 Å². The molecule has 1 fully saturated rings. The zero-order chi connectivity index (χ0) is 17.3. The lowest BCUT2D eigenvalue weighted by atomic mass is 9.85. The summed E-state index contributed by atoms with van der Waals surface area (Å²) in [5.74, 6) is 0.564. The third-order valence-electron chi connectivity index (χ3n) is 4.88. The molecule has 2 aromatic rings. The van der Waals surface area contributed by atoms with Crippen molar-refractivity contribution in [1.82, 2.24) is 19.6 Å². The lowest BCUT2D eigenvalue weighted by Gasteiger charge is -2.40. The van der Waals surface area contributed by atoms with Crippen LogP contribution in [0, 0.1) is 12.8 Å². The predicted octanol–water partition coefficient (Wildman–Crippen LogP) is 2.95. The molecule has 0 spiro atoms. The van der Waals surface area contributed by atoms with Crippen LogP contribution in [0.3, 0.4) is 0 Å². The second-order valence-corrected chi connectivity index (χ2v) is 8.16. The van der Waals surface area contributed by atoms with Gasteiger partial charge in [-0.3, -0.25) is 14.4 Å². The fraction of sp³-hybridized carbons (Fsp3) is 0.556. The monoisotopic (exact) mass is 346 g/mol. The number of aryl methyl sites for hydroxylation is 2. The quantitative estimate of drug-likeness (QED) is 0.855. The molecule has 5 nitrogen and oxygen atoms in total. The average molecular weight is 346 g/mol. The Bertz CT molecular complexity index is 707. The van der Waals surface area contributed by atoms with Crippen LogP contribution in [-0.4, -0.2) is 52.7 Å². The Morgan fingerprint density at radius 1 is 1.42 bits per heavy atom. The smallest absolute Gasteiger partial charge is 0.263 e. The van der Waals surface area contributed by atoms with Crippen molar-refractivity contribution in [3.8, 4) is 0 Å². The Hall–Kier alpha value is -1.66. The maximum Gasteiger partial charge on any atom is 0.263 e. The Labute approximate surface area is 147 Å². The molecule has 3 heterocycles. The van der Waals surface area contributed by atoms with Crippen molar-refractivity contribution in [1.29, 1.82) is 0 Å². The number of rotatable bonds is 4. The fourth-order valence-corrected chi connectivity index (χ4v) is 4.60. The molecule has 1 amide bonds. The van der Waals surface area contributed by atoms with Crippen LogP contribution >= 0.6 is 11.3 Å². The van der Waals surface area contributed by atoms with Gasteiger partial charge in [-0.1, -0.05) is 0 Å². The number of likely N-dealkylation sites (tertiary alicyclic amines) is 1. The van der Waals surface area contributed by atoms with Gasteiger partial charge in [-0.05, 0) is 51.4 Å². The lowest BCUT2D eigenvalue weighted by Crippen LogP contribution is -2.42. The average Bonchev–Trinajstić information content (AvgIpc) is 3.15. The minimum atomic E-state index is 0.131. The highest BCUT2D eigenvalue weighted by Crippen LogP contribution is 2.35. The Kier molecular flexibility index (Phi) is 5.06. The van der Waals surface area contributed by atoms with Gasteiger partial charge in [0.2, 0.25) is 0 Å². The summed E-state index contributed by atoms with van der Waals surface area (Å²) in [6.07, 6.45) is 6.39. The van der Waals surface area contributed by atoms with E-state index in [0.29, 0.717) is 12.0 Å². The molecule has 0 aliphatic carbocycles. The molecule has 130 valence electrons. The molecule has 0 radical (unpaired) electrons. The van der Waals surface area contributed by atoms with E-state index in [-0.39, 0.29) is 5.91 Å². The van der Waals surface area contributed by atoms with E-state index in [0.717, 1.165) is 24.4 Å². The molecular formula is C18H26N4OS. The first-order chi connectivity index (χ1) is 11.5. The van der Waals surface area contributed by atoms with Gasteiger partial charge in [-0.2, -0.15) is 5.10 Å². The number of piperidine rings is 1. The van der Waals surface area contributed by atoms with Crippen LogP contribution in [0.5, 0.6) is 0 Å². The van der Waals surface area contributed by atoms with Crippen molar-refractivity contribution < 1.29 is 4.79 Å². The van der Waals surface area contributed by atoms with Gasteiger partial charge in [0.25, 0.3) is 5.91 Å². The van der Waals surface area contributed by atoms with E-state index < -0.39 is 0 Å². The van der Waals surface area contributed by atoms with Crippen molar-refractivity contribution in [3.05, 3.63) is 39.8 Å². The number of carbonyl (C=O) groups is 1. The van der Waals surface area contributed by atoms with Crippen molar-refractivity contribution in [2.24, 2.45) is 13.0 Å². The van der Waals surface area contributed by atoms with Crippen LogP contribution < -0.4 is 0 Å². The molecule has 2 atom stereocenters. The predicted molar refractivity (Wildman–Crippen MR) is 97.3 cm³/mol. The molecule has 0 bridgehead atoms. The summed E-state index contributed by atoms with van der Waals surface area (Å²) >= 11 is 1.57. The first kappa shape index (κ1) is 17.2. The van der Waals surface area contributed by atoms with Gasteiger partial charge in [0, 0.05) is 43.3 Å². The van der Waals surface area contributed by atoms with Gasteiger partial charge in [0.15, 0.2) is 0 Å². The van der Waals surface area contributed by atoms with E-state index in [2.05, 4.69) is 23.2 Å². The van der Waals surface area contributed by atoms with Crippen molar-refractivity contribution >= 4 is 17.2 Å². The van der Waals surface area contributed by atoms with Crippen LogP contribution in [0.1, 0.15) is 39.0 Å². The van der Waals surface area contributed by atoms with E-state index in [9.17, 15) is 4.79 Å². The summed E-state index contributed by atoms with van der Waals surface area (Å²) < 4.78 is 1.86. The Morgan fingerprint density at radius 2 is 2.21 bits per heavy atom. The number of aromatic nitrogens is 2. The first-order valence-corrected chi connectivity index (χ1v) is 9.28. The number of amides is 1. The van der Waals surface area contributed by atoms with Gasteiger partial charge < -0.3 is 4.90 Å². The molecule has 0 saturated carbocycles. The minimum absolute atomic E-state index is 0.131. The molecule has 3 rings (SSSR count). The second kappa shape index (κ2) is 7.07. The van der Waals surface area contributed by atoms with Gasteiger partial charge in [-0.25, -0.2) is 0 Å². The summed E-state index contributed by atoms with van der Waals surface area (Å²) in [5.41, 5.74) is 1.25. The van der Waals surface area contributed by atoms with Crippen LogP contribution in [-0.2, 0) is 7.05 Å². The maximum absolute atomic E-state index is 12.7. The molecule has 0 unspecified atom stereocenters. The SMILES string of the molecule is Cc1ccc(C(=O)N(C)C[C@@H]2CCCN(C)[C@H]2c2cnn(C)c2)s1. The first-order valence-electron chi connectivity index (χ1n) is 8.46. The molecule has 1 aliphatic rings. The molecular weight excluding hydrogens is 320 g/mol. The third-order valence-corrected chi connectivity index (χ3v) is 5.87. The van der Waals surface area contributed by atoms with Gasteiger partial charge >= 0.3 is 0 Å². The number of nitrogens with zero attached hydrogens (tertiary/aromatic N) is 4. The number of carbonyl (C=O) groups excluding carboxylic acids is 1. The third kappa shape index (κ3) is 3.54. The summed E-state index contributed by atoms with van der Waals surface area (Å²) in [7, 11) is 6.05. The Morgan fingerprint density at radius 3 is 2.83 bits per heavy atom. The summed E-state index contributed by atoms with van der Waals surface area (Å²) in [5, 5.41) is 4.34. The van der Waals surface area contributed by atoms with Crippen LogP contribution in [0.25, 0.3) is 0 Å². The standard InChI is InChI=1S/C18H26N4OS/c1-13-7-8-16(24-13)18(23)21(3)11-14-6-5-9-20(2)17(14)15-10-19-22(4)12-15/h7-8,10,12,14,17H,5-6,9,11H2,1-4H3/t14-,17+/m0/s1. The number of hydrogen-bond acceptors (Lipinski definition) is 4. The highest BCUT2D eigenvalue weighted by molar-refractivity contribution is 7.13. The summed E-state index contributed by atoms with van der Waals surface area (Å²) in [6.45, 7) is 3.91. The van der Waals surface area contributed by atoms with E-state index in [4.69, 9.17) is 0 Å². The minimum Gasteiger partial charge on any atom is -0.341 e. The van der Waals surface area contributed by atoms with Gasteiger partial charge in [0.05, 0.1) is 11.1 Å². The Balaban J connectivity index is 1.74. The van der Waals surface area contributed by atoms with Crippen LogP contribution in [0.4, 0.5) is 0 Å². The summed E-state index contributed by atoms with van der Waals surface area (Å²) in [4.78, 5) is 19.0. The largest absolute Gasteiger partial charge is 0.341 e. The van der Waals surface area contributed by atoms with E-state index >= 15 is 0 Å². The molecule has 24 heavy (non-hydrogen) atoms. The van der Waals surface area contributed by atoms with Crippen molar-refractivity contribution in [2.75, 3.05) is 27.2 Å². The normalized spacial score (nSPS) is 21.8. The molecule has 0 N–H and O–H groups in total. The zero-order valence-corrected chi connectivity index (χ0v) is 15.7. The van der Waals surface area contributed by atoms with Crippen molar-refractivity contribution in [3.63, 3.8) is 0 Å². The molecule has 0 aromatic carbocycles. The second-order valence-electron chi connectivity index (χ2n) is 6.87. The van der Waals surface area contributed by atoms with Crippen molar-refractivity contribution in [2.45, 2.75) is 25.8 Å². The number of thiophene rings is 1. The molecule has 1 aliphatic heterocycles. The van der Waals surface area contributed by atoms with Crippen LogP contribution in [0.2, 0.25) is 0 Å². The van der Waals surface area contributed by atoms with E-state index in [1.807, 2.05) is 48.9 Å². The van der Waals surface area contributed by atoms with Gasteiger partial charge in [0.1, 0.15) is 0 Å². The maximum atomic E-state index is 12.7. The zero-order valence-electron chi connectivity index (χ0n) is 14.9. The lowest BCUT2D eigenvalue weighted by molar-refractivity contribution is 0.0649. The van der Waals surface area contributed by atoms with E-state index in [1.54, 1.807) is 11.3 Å². The van der Waals surface area contributed by atoms with E-state index in [1.165, 1.54) is 16.9 Å². The number of hydrogen-bond donors (Lipinski definition) is 0. The molecule has 1 saturated heterocycles. The highest BCUT2D eigenvalue weighted by atomic mass is 32.1. The highest BCUT2D eigenvalue weighted by Gasteiger charge is 2.33. The molecule has 2 aromatic heterocycles. The molecule has 6 heteroatoms. The topological polar surface area (TPSA) is 41.4 Å². The van der Waals surface area contributed by atoms with Crippen LogP contribution in [0.15, 0.2) is 24.5 Å². The fourth-order valence-electron chi connectivity index (χ4n) is 3.74.